The van der Waals surface area contributed by atoms with Gasteiger partial charge in [-0.05, 0) is 77.9 Å². The summed E-state index contributed by atoms with van der Waals surface area (Å²) in [7, 11) is 2.05. The van der Waals surface area contributed by atoms with Crippen LogP contribution in [-0.2, 0) is 0 Å². The quantitative estimate of drug-likeness (QED) is 0.589. The molecule has 3 heterocycles. The third kappa shape index (κ3) is 3.07. The number of halogens is 1. The van der Waals surface area contributed by atoms with E-state index < -0.39 is 0 Å². The van der Waals surface area contributed by atoms with Gasteiger partial charge in [0.25, 0.3) is 0 Å². The highest BCUT2D eigenvalue weighted by molar-refractivity contribution is 9.10. The van der Waals surface area contributed by atoms with Gasteiger partial charge in [-0.15, -0.1) is 0 Å². The van der Waals surface area contributed by atoms with E-state index in [0.29, 0.717) is 0 Å². The number of pyridine rings is 1. The molecule has 0 spiro atoms. The molecule has 0 aliphatic carbocycles. The lowest BCUT2D eigenvalue weighted by molar-refractivity contribution is 0.367. The molecule has 4 nitrogen and oxygen atoms in total. The molecule has 1 N–H and O–H groups in total. The maximum Gasteiger partial charge on any atom is 0.169 e. The molecule has 0 saturated carbocycles. The Labute approximate surface area is 173 Å². The van der Waals surface area contributed by atoms with Gasteiger partial charge < -0.3 is 14.8 Å². The molecular formula is C21H21BrN4S. The smallest absolute Gasteiger partial charge is 0.169 e. The summed E-state index contributed by atoms with van der Waals surface area (Å²) in [5, 5.41) is 4.20. The molecular weight excluding hydrogens is 420 g/mol. The summed E-state index contributed by atoms with van der Waals surface area (Å²) >= 11 is 9.26. The average Bonchev–Trinajstić information content (AvgIpc) is 3.12. The Hall–Kier alpha value is -2.18. The number of hydrogen-bond donors (Lipinski definition) is 1. The summed E-state index contributed by atoms with van der Waals surface area (Å²) in [6.07, 6.45) is 1.83. The SMILES string of the molecule is Cc1cc([C@@H]2[C@@H](c3ccccn3)NC(=S)N2C)c(C)n1-c1ccccc1Br. The number of para-hydroxylation sites is 1. The van der Waals surface area contributed by atoms with E-state index in [1.807, 2.05) is 31.4 Å². The summed E-state index contributed by atoms with van der Waals surface area (Å²) in [6.45, 7) is 4.32. The molecule has 2 atom stereocenters. The standard InChI is InChI=1S/C21H21BrN4S/c1-13-12-15(14(2)26(13)18-10-5-4-8-16(18)22)20-19(24-21(27)25(20)3)17-9-6-7-11-23-17/h4-12,19-20H,1-3H3,(H,24,27)/t19-,20-/m1/s1. The van der Waals surface area contributed by atoms with Gasteiger partial charge in [-0.25, -0.2) is 0 Å². The fourth-order valence-corrected chi connectivity index (χ4v) is 4.64. The maximum absolute atomic E-state index is 5.57. The topological polar surface area (TPSA) is 33.1 Å². The zero-order chi connectivity index (χ0) is 19.1. The van der Waals surface area contributed by atoms with Gasteiger partial charge in [0.1, 0.15) is 0 Å². The Bertz CT molecular complexity index is 999. The first-order chi connectivity index (χ1) is 13.0. The van der Waals surface area contributed by atoms with Crippen molar-refractivity contribution in [1.29, 1.82) is 0 Å². The van der Waals surface area contributed by atoms with Crippen molar-refractivity contribution >= 4 is 33.3 Å². The van der Waals surface area contributed by atoms with E-state index in [0.717, 1.165) is 21.0 Å². The Balaban J connectivity index is 1.84. The van der Waals surface area contributed by atoms with Crippen molar-refractivity contribution < 1.29 is 0 Å². The van der Waals surface area contributed by atoms with Gasteiger partial charge in [0, 0.05) is 29.1 Å². The van der Waals surface area contributed by atoms with Crippen LogP contribution in [0.3, 0.4) is 0 Å². The van der Waals surface area contributed by atoms with Crippen molar-refractivity contribution in [2.45, 2.75) is 25.9 Å². The molecule has 2 aromatic heterocycles. The number of benzene rings is 1. The lowest BCUT2D eigenvalue weighted by Crippen LogP contribution is -2.25. The number of likely N-dealkylation sites (N-methyl/N-ethyl adjacent to an activating group) is 1. The van der Waals surface area contributed by atoms with Crippen molar-refractivity contribution in [3.05, 3.63) is 81.8 Å². The van der Waals surface area contributed by atoms with Gasteiger partial charge >= 0.3 is 0 Å². The molecule has 27 heavy (non-hydrogen) atoms. The summed E-state index contributed by atoms with van der Waals surface area (Å²) in [6, 6.07) is 16.7. The zero-order valence-corrected chi connectivity index (χ0v) is 17.9. The van der Waals surface area contributed by atoms with E-state index in [9.17, 15) is 0 Å². The molecule has 4 rings (SSSR count). The van der Waals surface area contributed by atoms with Crippen LogP contribution in [-0.4, -0.2) is 26.6 Å². The van der Waals surface area contributed by atoms with Gasteiger partial charge in [0.2, 0.25) is 0 Å². The van der Waals surface area contributed by atoms with Gasteiger partial charge in [-0.1, -0.05) is 18.2 Å². The highest BCUT2D eigenvalue weighted by Crippen LogP contribution is 2.40. The molecule has 138 valence electrons. The van der Waals surface area contributed by atoms with Crippen LogP contribution in [0.2, 0.25) is 0 Å². The van der Waals surface area contributed by atoms with Crippen LogP contribution in [0.1, 0.15) is 34.7 Å². The Morgan fingerprint density at radius 3 is 2.56 bits per heavy atom. The lowest BCUT2D eigenvalue weighted by atomic mass is 9.97. The fourth-order valence-electron chi connectivity index (χ4n) is 3.94. The van der Waals surface area contributed by atoms with Crippen LogP contribution < -0.4 is 5.32 Å². The number of thiocarbonyl (C=S) groups is 1. The highest BCUT2D eigenvalue weighted by atomic mass is 79.9. The van der Waals surface area contributed by atoms with Crippen molar-refractivity contribution in [2.75, 3.05) is 7.05 Å². The van der Waals surface area contributed by atoms with E-state index >= 15 is 0 Å². The van der Waals surface area contributed by atoms with E-state index in [1.165, 1.54) is 17.0 Å². The first kappa shape index (κ1) is 18.2. The second-order valence-corrected chi connectivity index (χ2v) is 8.09. The summed E-state index contributed by atoms with van der Waals surface area (Å²) in [5.41, 5.74) is 5.81. The minimum absolute atomic E-state index is 0.0249. The third-order valence-electron chi connectivity index (χ3n) is 5.22. The fraction of sp³-hybridized carbons (Fsp3) is 0.238. The highest BCUT2D eigenvalue weighted by Gasteiger charge is 2.39. The lowest BCUT2D eigenvalue weighted by Gasteiger charge is -2.24. The molecule has 1 aliphatic heterocycles. The van der Waals surface area contributed by atoms with Gasteiger partial charge in [-0.3, -0.25) is 4.98 Å². The Kier molecular flexibility index (Phi) is 4.78. The molecule has 1 aromatic carbocycles. The van der Waals surface area contributed by atoms with Crippen LogP contribution in [0.15, 0.2) is 59.2 Å². The van der Waals surface area contributed by atoms with E-state index in [4.69, 9.17) is 12.2 Å². The van der Waals surface area contributed by atoms with E-state index in [-0.39, 0.29) is 12.1 Å². The third-order valence-corrected chi connectivity index (χ3v) is 6.30. The van der Waals surface area contributed by atoms with Crippen molar-refractivity contribution in [3.63, 3.8) is 0 Å². The van der Waals surface area contributed by atoms with Gasteiger partial charge in [0.05, 0.1) is 23.5 Å². The molecule has 1 saturated heterocycles. The molecule has 1 aliphatic rings. The average molecular weight is 441 g/mol. The van der Waals surface area contributed by atoms with Gasteiger partial charge in [0.15, 0.2) is 5.11 Å². The molecule has 1 fully saturated rings. The summed E-state index contributed by atoms with van der Waals surface area (Å²) in [5.74, 6) is 0. The predicted molar refractivity (Wildman–Crippen MR) is 116 cm³/mol. The first-order valence-electron chi connectivity index (χ1n) is 8.87. The Morgan fingerprint density at radius 1 is 1.11 bits per heavy atom. The summed E-state index contributed by atoms with van der Waals surface area (Å²) < 4.78 is 3.37. The second kappa shape index (κ2) is 7.09. The van der Waals surface area contributed by atoms with Crippen molar-refractivity contribution in [2.24, 2.45) is 0 Å². The normalized spacial score (nSPS) is 19.4. The number of aryl methyl sites for hydroxylation is 1. The second-order valence-electron chi connectivity index (χ2n) is 6.85. The summed E-state index contributed by atoms with van der Waals surface area (Å²) in [4.78, 5) is 6.71. The van der Waals surface area contributed by atoms with Crippen molar-refractivity contribution in [1.82, 2.24) is 19.8 Å². The number of nitrogens with zero attached hydrogens (tertiary/aromatic N) is 3. The maximum atomic E-state index is 5.57. The molecule has 0 radical (unpaired) electrons. The predicted octanol–water partition coefficient (Wildman–Crippen LogP) is 4.85. The minimum atomic E-state index is 0.0249. The number of hydrogen-bond acceptors (Lipinski definition) is 2. The minimum Gasteiger partial charge on any atom is -0.352 e. The molecule has 0 amide bonds. The van der Waals surface area contributed by atoms with Gasteiger partial charge in [-0.2, -0.15) is 0 Å². The van der Waals surface area contributed by atoms with Crippen LogP contribution in [0, 0.1) is 13.8 Å². The zero-order valence-electron chi connectivity index (χ0n) is 15.5. The van der Waals surface area contributed by atoms with Crippen molar-refractivity contribution in [3.8, 4) is 5.69 Å². The van der Waals surface area contributed by atoms with Crippen LogP contribution >= 0.6 is 28.1 Å². The molecule has 0 bridgehead atoms. The first-order valence-corrected chi connectivity index (χ1v) is 10.1. The van der Waals surface area contributed by atoms with Crippen LogP contribution in [0.5, 0.6) is 0 Å². The van der Waals surface area contributed by atoms with Crippen LogP contribution in [0.4, 0.5) is 0 Å². The molecule has 0 unspecified atom stereocenters. The number of nitrogens with one attached hydrogen (secondary N) is 1. The van der Waals surface area contributed by atoms with E-state index in [2.05, 4.69) is 79.9 Å². The van der Waals surface area contributed by atoms with Crippen LogP contribution in [0.25, 0.3) is 5.69 Å². The number of aromatic nitrogens is 2. The Morgan fingerprint density at radius 2 is 1.85 bits per heavy atom. The monoisotopic (exact) mass is 440 g/mol. The number of rotatable bonds is 3. The molecule has 6 heteroatoms. The molecule has 3 aromatic rings. The van der Waals surface area contributed by atoms with E-state index in [1.54, 1.807) is 0 Å². The largest absolute Gasteiger partial charge is 0.352 e.